The summed E-state index contributed by atoms with van der Waals surface area (Å²) in [6.45, 7) is 0. The largest absolute Gasteiger partial charge is 0.308 e. The molecule has 62 heavy (non-hydrogen) atoms. The first-order valence-corrected chi connectivity index (χ1v) is 21.7. The van der Waals surface area contributed by atoms with Gasteiger partial charge in [0.2, 0.25) is 0 Å². The highest BCUT2D eigenvalue weighted by Crippen LogP contribution is 2.46. The van der Waals surface area contributed by atoms with E-state index >= 15 is 0 Å². The van der Waals surface area contributed by atoms with Crippen molar-refractivity contribution in [2.75, 3.05) is 0 Å². The van der Waals surface area contributed by atoms with Crippen molar-refractivity contribution in [3.8, 4) is 73.2 Å². The Kier molecular flexibility index (Phi) is 8.65. The third-order valence-corrected chi connectivity index (χ3v) is 13.0. The van der Waals surface area contributed by atoms with Gasteiger partial charge in [0, 0.05) is 47.6 Å². The SMILES string of the molecule is c1ccc(-c2nc(-c3ccccc3)nc(-c3cc(-c4c(-c5ccccc5)cccc4-c4ccccc4)ccc3-n3c4ccccc4c4c5c(ccc43)sc3ccccc35)n2)cc1. The van der Waals surface area contributed by atoms with E-state index in [-0.39, 0.29) is 0 Å². The summed E-state index contributed by atoms with van der Waals surface area (Å²) in [4.78, 5) is 15.9. The summed E-state index contributed by atoms with van der Waals surface area (Å²) in [6.07, 6.45) is 0. The number of para-hydroxylation sites is 1. The van der Waals surface area contributed by atoms with Crippen LogP contribution in [-0.4, -0.2) is 19.5 Å². The molecule has 0 fully saturated rings. The number of hydrogen-bond acceptors (Lipinski definition) is 4. The predicted molar refractivity (Wildman–Crippen MR) is 260 cm³/mol. The van der Waals surface area contributed by atoms with Crippen molar-refractivity contribution < 1.29 is 0 Å². The van der Waals surface area contributed by atoms with Crippen LogP contribution in [0.3, 0.4) is 0 Å². The van der Waals surface area contributed by atoms with E-state index in [0.29, 0.717) is 17.5 Å². The van der Waals surface area contributed by atoms with Crippen molar-refractivity contribution in [1.82, 2.24) is 19.5 Å². The van der Waals surface area contributed by atoms with Gasteiger partial charge in [-0.15, -0.1) is 11.3 Å². The third-order valence-electron chi connectivity index (χ3n) is 11.9. The number of aromatic nitrogens is 4. The van der Waals surface area contributed by atoms with Crippen molar-refractivity contribution in [2.45, 2.75) is 0 Å². The molecule has 0 atom stereocenters. The molecule has 290 valence electrons. The van der Waals surface area contributed by atoms with Gasteiger partial charge in [-0.3, -0.25) is 0 Å². The van der Waals surface area contributed by atoms with E-state index in [1.165, 1.54) is 30.9 Å². The maximum atomic E-state index is 5.37. The van der Waals surface area contributed by atoms with Crippen molar-refractivity contribution >= 4 is 53.3 Å². The minimum Gasteiger partial charge on any atom is -0.308 e. The first-order valence-electron chi connectivity index (χ1n) is 20.9. The van der Waals surface area contributed by atoms with E-state index in [4.69, 9.17) is 15.0 Å². The summed E-state index contributed by atoms with van der Waals surface area (Å²) in [7, 11) is 0. The number of nitrogens with zero attached hydrogens (tertiary/aromatic N) is 4. The van der Waals surface area contributed by atoms with Gasteiger partial charge in [-0.05, 0) is 69.8 Å². The normalized spacial score (nSPS) is 11.5. The van der Waals surface area contributed by atoms with Gasteiger partial charge in [0.15, 0.2) is 17.5 Å². The Labute approximate surface area is 362 Å². The number of hydrogen-bond donors (Lipinski definition) is 0. The van der Waals surface area contributed by atoms with Gasteiger partial charge in [-0.2, -0.15) is 0 Å². The lowest BCUT2D eigenvalue weighted by molar-refractivity contribution is 1.06. The van der Waals surface area contributed by atoms with Gasteiger partial charge < -0.3 is 4.57 Å². The molecule has 3 heterocycles. The molecule has 0 aliphatic rings. The third kappa shape index (κ3) is 6.01. The lowest BCUT2D eigenvalue weighted by Gasteiger charge is -2.20. The van der Waals surface area contributed by atoms with E-state index in [1.54, 1.807) is 0 Å². The molecule has 0 bridgehead atoms. The van der Waals surface area contributed by atoms with Crippen LogP contribution in [0.4, 0.5) is 0 Å². The smallest absolute Gasteiger partial charge is 0.166 e. The van der Waals surface area contributed by atoms with Crippen LogP contribution in [0.5, 0.6) is 0 Å². The van der Waals surface area contributed by atoms with E-state index in [0.717, 1.165) is 66.8 Å². The van der Waals surface area contributed by atoms with Crippen LogP contribution in [-0.2, 0) is 0 Å². The van der Waals surface area contributed by atoms with Gasteiger partial charge in [0.25, 0.3) is 0 Å². The first-order chi connectivity index (χ1) is 30.8. The molecular weight excluding hydrogens is 773 g/mol. The fourth-order valence-electron chi connectivity index (χ4n) is 9.11. The van der Waals surface area contributed by atoms with Crippen LogP contribution in [0.15, 0.2) is 218 Å². The minimum atomic E-state index is 0.598. The van der Waals surface area contributed by atoms with Crippen LogP contribution in [0.1, 0.15) is 0 Å². The second-order valence-electron chi connectivity index (χ2n) is 15.5. The molecule has 12 rings (SSSR count). The minimum absolute atomic E-state index is 0.598. The number of rotatable bonds is 7. The Balaban J connectivity index is 1.21. The van der Waals surface area contributed by atoms with Gasteiger partial charge in [0.1, 0.15) is 0 Å². The lowest BCUT2D eigenvalue weighted by Crippen LogP contribution is -2.04. The maximum Gasteiger partial charge on any atom is 0.166 e. The zero-order valence-electron chi connectivity index (χ0n) is 33.5. The zero-order valence-corrected chi connectivity index (χ0v) is 34.3. The molecule has 12 aromatic rings. The van der Waals surface area contributed by atoms with Crippen LogP contribution >= 0.6 is 11.3 Å². The van der Waals surface area contributed by atoms with Crippen molar-refractivity contribution in [3.05, 3.63) is 218 Å². The van der Waals surface area contributed by atoms with Crippen LogP contribution < -0.4 is 0 Å². The van der Waals surface area contributed by atoms with Crippen molar-refractivity contribution in [1.29, 1.82) is 0 Å². The maximum absolute atomic E-state index is 5.37. The Hall–Kier alpha value is -7.99. The van der Waals surface area contributed by atoms with Gasteiger partial charge in [0.05, 0.1) is 16.7 Å². The van der Waals surface area contributed by atoms with Gasteiger partial charge in [-0.1, -0.05) is 182 Å². The van der Waals surface area contributed by atoms with E-state index in [1.807, 2.05) is 47.7 Å². The predicted octanol–water partition coefficient (Wildman–Crippen LogP) is 15.3. The summed E-state index contributed by atoms with van der Waals surface area (Å²) in [6, 6.07) is 77.5. The summed E-state index contributed by atoms with van der Waals surface area (Å²) in [5.74, 6) is 1.84. The molecule has 4 nitrogen and oxygen atoms in total. The number of fused-ring (bicyclic) bond motifs is 7. The molecule has 0 aliphatic heterocycles. The van der Waals surface area contributed by atoms with Crippen molar-refractivity contribution in [3.63, 3.8) is 0 Å². The van der Waals surface area contributed by atoms with E-state index in [2.05, 4.69) is 187 Å². The highest BCUT2D eigenvalue weighted by molar-refractivity contribution is 7.26. The van der Waals surface area contributed by atoms with Crippen molar-refractivity contribution in [2.24, 2.45) is 0 Å². The fourth-order valence-corrected chi connectivity index (χ4v) is 10.2. The summed E-state index contributed by atoms with van der Waals surface area (Å²) in [5, 5.41) is 5.02. The Morgan fingerprint density at radius 3 is 1.48 bits per heavy atom. The highest BCUT2D eigenvalue weighted by atomic mass is 32.1. The number of benzene rings is 9. The molecule has 5 heteroatoms. The lowest BCUT2D eigenvalue weighted by atomic mass is 9.87. The summed E-state index contributed by atoms with van der Waals surface area (Å²) >= 11 is 1.85. The Morgan fingerprint density at radius 2 is 0.855 bits per heavy atom. The average Bonchev–Trinajstić information content (AvgIpc) is 3.90. The molecule has 0 saturated heterocycles. The topological polar surface area (TPSA) is 43.6 Å². The van der Waals surface area contributed by atoms with Crippen LogP contribution in [0, 0.1) is 0 Å². The molecule has 0 aliphatic carbocycles. The Morgan fingerprint density at radius 1 is 0.323 bits per heavy atom. The van der Waals surface area contributed by atoms with Crippen LogP contribution in [0.2, 0.25) is 0 Å². The molecular formula is C57H36N4S. The molecule has 0 unspecified atom stereocenters. The highest BCUT2D eigenvalue weighted by Gasteiger charge is 2.24. The monoisotopic (exact) mass is 808 g/mol. The van der Waals surface area contributed by atoms with E-state index in [9.17, 15) is 0 Å². The number of thiophene rings is 1. The molecule has 0 radical (unpaired) electrons. The molecule has 0 spiro atoms. The van der Waals surface area contributed by atoms with E-state index < -0.39 is 0 Å². The first kappa shape index (κ1) is 35.9. The summed E-state index contributed by atoms with van der Waals surface area (Å²) in [5.41, 5.74) is 12.8. The second-order valence-corrected chi connectivity index (χ2v) is 16.6. The molecule has 0 N–H and O–H groups in total. The molecule has 3 aromatic heterocycles. The summed E-state index contributed by atoms with van der Waals surface area (Å²) < 4.78 is 4.99. The zero-order chi connectivity index (χ0) is 41.0. The fraction of sp³-hybridized carbons (Fsp3) is 0. The van der Waals surface area contributed by atoms with Gasteiger partial charge >= 0.3 is 0 Å². The molecule has 9 aromatic carbocycles. The average molecular weight is 809 g/mol. The molecule has 0 saturated carbocycles. The second kappa shape index (κ2) is 14.9. The van der Waals surface area contributed by atoms with Crippen LogP contribution in [0.25, 0.3) is 115 Å². The van der Waals surface area contributed by atoms with Gasteiger partial charge in [-0.25, -0.2) is 15.0 Å². The Bertz CT molecular complexity index is 3500. The standard InChI is InChI=1S/C57H36N4S/c1-5-18-37(19-6-1)42-28-17-29-43(38-20-7-2-8-21-38)52(42)41-32-33-48(46(36-41)57-59-55(39-22-9-3-10-23-39)58-56(60-57)40-24-11-4-12-25-40)61-47-30-15-13-26-44(47)53-49(61)34-35-51-54(53)45-27-14-16-31-50(45)62-51/h1-36H. The molecule has 0 amide bonds. The quantitative estimate of drug-likeness (QED) is 0.161.